The Morgan fingerprint density at radius 3 is 2.39 bits per heavy atom. The standard InChI is InChI=1S/C22H25FN2O5S/c1-15-3-6-18(22(27)30-2)13-20(15)24-21(26)17-9-11-25(12-10-17)31(28,29)14-16-4-7-19(23)8-5-16/h3-8,13,17H,9-12,14H2,1-2H3,(H,24,26). The third kappa shape index (κ3) is 5.68. The van der Waals surface area contributed by atoms with Crippen LogP contribution in [0, 0.1) is 18.7 Å². The van der Waals surface area contributed by atoms with E-state index in [-0.39, 0.29) is 30.7 Å². The highest BCUT2D eigenvalue weighted by atomic mass is 32.2. The van der Waals surface area contributed by atoms with E-state index in [1.54, 1.807) is 18.2 Å². The largest absolute Gasteiger partial charge is 0.465 e. The Balaban J connectivity index is 1.59. The molecule has 1 aliphatic rings. The molecule has 1 aliphatic heterocycles. The van der Waals surface area contributed by atoms with E-state index in [1.807, 2.05) is 6.92 Å². The molecule has 2 aromatic rings. The monoisotopic (exact) mass is 448 g/mol. The molecule has 7 nitrogen and oxygen atoms in total. The van der Waals surface area contributed by atoms with Crippen LogP contribution in [0.25, 0.3) is 0 Å². The molecule has 166 valence electrons. The van der Waals surface area contributed by atoms with Crippen LogP contribution < -0.4 is 5.32 Å². The van der Waals surface area contributed by atoms with Crippen molar-refractivity contribution in [3.63, 3.8) is 0 Å². The average molecular weight is 449 g/mol. The van der Waals surface area contributed by atoms with Gasteiger partial charge in [0.05, 0.1) is 18.4 Å². The van der Waals surface area contributed by atoms with Gasteiger partial charge in [-0.15, -0.1) is 0 Å². The number of amides is 1. The molecular weight excluding hydrogens is 423 g/mol. The number of anilines is 1. The van der Waals surface area contributed by atoms with Crippen molar-refractivity contribution in [1.29, 1.82) is 0 Å². The van der Waals surface area contributed by atoms with Gasteiger partial charge in [0.2, 0.25) is 15.9 Å². The summed E-state index contributed by atoms with van der Waals surface area (Å²) < 4.78 is 44.5. The van der Waals surface area contributed by atoms with Crippen LogP contribution in [0.1, 0.15) is 34.3 Å². The number of sulfonamides is 1. The molecule has 1 fully saturated rings. The van der Waals surface area contributed by atoms with Crippen molar-refractivity contribution in [3.05, 3.63) is 65.0 Å². The molecule has 0 atom stereocenters. The summed E-state index contributed by atoms with van der Waals surface area (Å²) in [6, 6.07) is 10.3. The average Bonchev–Trinajstić information content (AvgIpc) is 2.76. The Bertz CT molecular complexity index is 1060. The second kappa shape index (κ2) is 9.57. The lowest BCUT2D eigenvalue weighted by Crippen LogP contribution is -2.41. The van der Waals surface area contributed by atoms with Gasteiger partial charge in [-0.1, -0.05) is 18.2 Å². The summed E-state index contributed by atoms with van der Waals surface area (Å²) in [7, 11) is -2.26. The lowest BCUT2D eigenvalue weighted by Gasteiger charge is -2.30. The van der Waals surface area contributed by atoms with Gasteiger partial charge in [-0.3, -0.25) is 4.79 Å². The summed E-state index contributed by atoms with van der Waals surface area (Å²) in [5.74, 6) is -1.65. The highest BCUT2D eigenvalue weighted by molar-refractivity contribution is 7.88. The maximum absolute atomic E-state index is 13.0. The van der Waals surface area contributed by atoms with Gasteiger partial charge in [0.15, 0.2) is 0 Å². The number of carbonyl (C=O) groups is 2. The molecule has 0 saturated carbocycles. The van der Waals surface area contributed by atoms with E-state index < -0.39 is 21.8 Å². The highest BCUT2D eigenvalue weighted by Gasteiger charge is 2.31. The Labute approximate surface area is 181 Å². The normalized spacial score (nSPS) is 15.5. The number of carbonyl (C=O) groups excluding carboxylic acids is 2. The number of nitrogens with one attached hydrogen (secondary N) is 1. The van der Waals surface area contributed by atoms with Crippen molar-refractivity contribution < 1.29 is 27.1 Å². The Morgan fingerprint density at radius 2 is 1.77 bits per heavy atom. The fourth-order valence-corrected chi connectivity index (χ4v) is 5.08. The number of hydrogen-bond acceptors (Lipinski definition) is 5. The molecule has 1 heterocycles. The Hall–Kier alpha value is -2.78. The van der Waals surface area contributed by atoms with Crippen LogP contribution in [0.15, 0.2) is 42.5 Å². The first-order chi connectivity index (χ1) is 14.7. The minimum absolute atomic E-state index is 0.205. The SMILES string of the molecule is COC(=O)c1ccc(C)c(NC(=O)C2CCN(S(=O)(=O)Cc3ccc(F)cc3)CC2)c1. The first kappa shape index (κ1) is 22.9. The molecule has 1 saturated heterocycles. The van der Waals surface area contributed by atoms with Crippen LogP contribution in [0.4, 0.5) is 10.1 Å². The summed E-state index contributed by atoms with van der Waals surface area (Å²) in [5, 5.41) is 2.85. The minimum atomic E-state index is -3.55. The van der Waals surface area contributed by atoms with Gasteiger partial charge in [-0.25, -0.2) is 21.9 Å². The number of ether oxygens (including phenoxy) is 1. The molecule has 9 heteroatoms. The van der Waals surface area contributed by atoms with Crippen LogP contribution in [0.2, 0.25) is 0 Å². The minimum Gasteiger partial charge on any atom is -0.465 e. The van der Waals surface area contributed by atoms with Crippen LogP contribution >= 0.6 is 0 Å². The van der Waals surface area contributed by atoms with Crippen molar-refractivity contribution in [3.8, 4) is 0 Å². The van der Waals surface area contributed by atoms with Gasteiger partial charge >= 0.3 is 5.97 Å². The van der Waals surface area contributed by atoms with E-state index in [2.05, 4.69) is 5.32 Å². The number of esters is 1. The third-order valence-corrected chi connectivity index (χ3v) is 7.25. The van der Waals surface area contributed by atoms with Crippen LogP contribution in [0.5, 0.6) is 0 Å². The van der Waals surface area contributed by atoms with Gasteiger partial charge in [-0.2, -0.15) is 0 Å². The van der Waals surface area contributed by atoms with Crippen LogP contribution in [-0.4, -0.2) is 44.8 Å². The Kier molecular flexibility index (Phi) is 7.07. The highest BCUT2D eigenvalue weighted by Crippen LogP contribution is 2.25. The topological polar surface area (TPSA) is 92.8 Å². The first-order valence-electron chi connectivity index (χ1n) is 9.91. The second-order valence-corrected chi connectivity index (χ2v) is 9.54. The fraction of sp³-hybridized carbons (Fsp3) is 0.364. The summed E-state index contributed by atoms with van der Waals surface area (Å²) in [6.07, 6.45) is 0.786. The molecule has 31 heavy (non-hydrogen) atoms. The lowest BCUT2D eigenvalue weighted by molar-refractivity contribution is -0.120. The molecule has 0 bridgehead atoms. The maximum Gasteiger partial charge on any atom is 0.337 e. The van der Waals surface area contributed by atoms with E-state index in [4.69, 9.17) is 4.74 Å². The van der Waals surface area contributed by atoms with Crippen molar-refractivity contribution in [2.24, 2.45) is 5.92 Å². The third-order valence-electron chi connectivity index (χ3n) is 5.40. The predicted octanol–water partition coefficient (Wildman–Crippen LogP) is 3.10. The number of halogens is 1. The summed E-state index contributed by atoms with van der Waals surface area (Å²) in [6.45, 7) is 2.30. The smallest absolute Gasteiger partial charge is 0.337 e. The molecule has 0 aromatic heterocycles. The summed E-state index contributed by atoms with van der Waals surface area (Å²) in [5.41, 5.74) is 2.19. The summed E-state index contributed by atoms with van der Waals surface area (Å²) >= 11 is 0. The number of aryl methyl sites for hydroxylation is 1. The van der Waals surface area contributed by atoms with E-state index in [9.17, 15) is 22.4 Å². The predicted molar refractivity (Wildman–Crippen MR) is 114 cm³/mol. The molecule has 0 radical (unpaired) electrons. The van der Waals surface area contributed by atoms with Gasteiger partial charge in [0.25, 0.3) is 0 Å². The van der Waals surface area contributed by atoms with Gasteiger partial charge in [0.1, 0.15) is 5.82 Å². The number of methoxy groups -OCH3 is 1. The molecule has 2 aromatic carbocycles. The molecular formula is C22H25FN2O5S. The second-order valence-electron chi connectivity index (χ2n) is 7.57. The zero-order valence-corrected chi connectivity index (χ0v) is 18.2. The van der Waals surface area contributed by atoms with Gasteiger partial charge < -0.3 is 10.1 Å². The summed E-state index contributed by atoms with van der Waals surface area (Å²) in [4.78, 5) is 24.4. The van der Waals surface area contributed by atoms with E-state index >= 15 is 0 Å². The zero-order chi connectivity index (χ0) is 22.6. The van der Waals surface area contributed by atoms with Gasteiger partial charge in [-0.05, 0) is 55.2 Å². The first-order valence-corrected chi connectivity index (χ1v) is 11.5. The lowest BCUT2D eigenvalue weighted by atomic mass is 9.97. The fourth-order valence-electron chi connectivity index (χ4n) is 3.51. The van der Waals surface area contributed by atoms with Crippen molar-refractivity contribution in [2.75, 3.05) is 25.5 Å². The van der Waals surface area contributed by atoms with Crippen molar-refractivity contribution in [2.45, 2.75) is 25.5 Å². The molecule has 1 amide bonds. The number of hydrogen-bond donors (Lipinski definition) is 1. The quantitative estimate of drug-likeness (QED) is 0.686. The molecule has 0 spiro atoms. The van der Waals surface area contributed by atoms with E-state index in [0.717, 1.165) is 5.56 Å². The maximum atomic E-state index is 13.0. The Morgan fingerprint density at radius 1 is 1.13 bits per heavy atom. The number of piperidine rings is 1. The molecule has 3 rings (SSSR count). The van der Waals surface area contributed by atoms with E-state index in [0.29, 0.717) is 29.7 Å². The van der Waals surface area contributed by atoms with Crippen molar-refractivity contribution >= 4 is 27.6 Å². The number of benzene rings is 2. The van der Waals surface area contributed by atoms with Crippen molar-refractivity contribution in [1.82, 2.24) is 4.31 Å². The van der Waals surface area contributed by atoms with Crippen LogP contribution in [0.3, 0.4) is 0 Å². The van der Waals surface area contributed by atoms with Gasteiger partial charge in [0, 0.05) is 24.7 Å². The zero-order valence-electron chi connectivity index (χ0n) is 17.4. The van der Waals surface area contributed by atoms with E-state index in [1.165, 1.54) is 35.7 Å². The molecule has 1 N–H and O–H groups in total. The van der Waals surface area contributed by atoms with Crippen LogP contribution in [-0.2, 0) is 25.3 Å². The number of rotatable bonds is 6. The molecule has 0 aliphatic carbocycles. The molecule has 0 unspecified atom stereocenters. The number of nitrogens with zero attached hydrogens (tertiary/aromatic N) is 1.